The number of carboxylic acids is 1. The molecule has 0 radical (unpaired) electrons. The summed E-state index contributed by atoms with van der Waals surface area (Å²) in [5.41, 5.74) is 1.08. The summed E-state index contributed by atoms with van der Waals surface area (Å²) in [4.78, 5) is 10.7. The van der Waals surface area contributed by atoms with Crippen LogP contribution in [-0.4, -0.2) is 31.3 Å². The second kappa shape index (κ2) is 4.10. The molecule has 0 spiro atoms. The van der Waals surface area contributed by atoms with Crippen molar-refractivity contribution in [1.82, 2.24) is 20.2 Å². The van der Waals surface area contributed by atoms with E-state index in [0.717, 1.165) is 11.3 Å². The first-order valence-electron chi connectivity index (χ1n) is 5.46. The SMILES string of the molecule is O=C(O)Cn1nnnc1C1Cc2ccccc2O1. The van der Waals surface area contributed by atoms with Gasteiger partial charge in [0.1, 0.15) is 12.3 Å². The molecule has 1 aliphatic heterocycles. The van der Waals surface area contributed by atoms with Crippen LogP contribution in [0.25, 0.3) is 0 Å². The Morgan fingerprint density at radius 1 is 1.50 bits per heavy atom. The molecule has 3 rings (SSSR count). The molecule has 1 atom stereocenters. The molecular weight excluding hydrogens is 236 g/mol. The van der Waals surface area contributed by atoms with Crippen LogP contribution in [0.15, 0.2) is 24.3 Å². The minimum atomic E-state index is -0.987. The number of ether oxygens (including phenoxy) is 1. The van der Waals surface area contributed by atoms with Crippen LogP contribution in [0.2, 0.25) is 0 Å². The predicted molar refractivity (Wildman–Crippen MR) is 59.0 cm³/mol. The molecule has 7 nitrogen and oxygen atoms in total. The highest BCUT2D eigenvalue weighted by molar-refractivity contribution is 5.66. The lowest BCUT2D eigenvalue weighted by Gasteiger charge is -2.09. The average molecular weight is 246 g/mol. The van der Waals surface area contributed by atoms with Crippen LogP contribution in [0.3, 0.4) is 0 Å². The minimum Gasteiger partial charge on any atom is -0.482 e. The van der Waals surface area contributed by atoms with E-state index in [-0.39, 0.29) is 12.6 Å². The van der Waals surface area contributed by atoms with Crippen molar-refractivity contribution in [3.05, 3.63) is 35.7 Å². The molecule has 92 valence electrons. The number of rotatable bonds is 3. The number of fused-ring (bicyclic) bond motifs is 1. The second-order valence-electron chi connectivity index (χ2n) is 4.01. The fourth-order valence-electron chi connectivity index (χ4n) is 2.01. The molecule has 1 N–H and O–H groups in total. The van der Waals surface area contributed by atoms with E-state index in [0.29, 0.717) is 12.2 Å². The van der Waals surface area contributed by atoms with E-state index >= 15 is 0 Å². The Hall–Kier alpha value is -2.44. The molecule has 0 aliphatic carbocycles. The first kappa shape index (κ1) is 10.7. The Bertz CT molecular complexity index is 570. The van der Waals surface area contributed by atoms with Crippen molar-refractivity contribution in [3.63, 3.8) is 0 Å². The van der Waals surface area contributed by atoms with Gasteiger partial charge in [-0.15, -0.1) is 5.10 Å². The van der Waals surface area contributed by atoms with Gasteiger partial charge in [-0.2, -0.15) is 0 Å². The van der Waals surface area contributed by atoms with Gasteiger partial charge in [-0.05, 0) is 22.1 Å². The Kier molecular flexibility index (Phi) is 2.44. The fourth-order valence-corrected chi connectivity index (χ4v) is 2.01. The first-order chi connectivity index (χ1) is 8.74. The number of aromatic nitrogens is 4. The third kappa shape index (κ3) is 1.79. The molecular formula is C11H10N4O3. The van der Waals surface area contributed by atoms with Gasteiger partial charge >= 0.3 is 5.97 Å². The molecule has 2 aromatic rings. The van der Waals surface area contributed by atoms with E-state index in [9.17, 15) is 4.79 Å². The third-order valence-electron chi connectivity index (χ3n) is 2.78. The van der Waals surface area contributed by atoms with E-state index in [4.69, 9.17) is 9.84 Å². The Labute approximate surface area is 102 Å². The molecule has 1 aromatic heterocycles. The Morgan fingerprint density at radius 2 is 2.33 bits per heavy atom. The van der Waals surface area contributed by atoms with Crippen molar-refractivity contribution in [2.45, 2.75) is 19.1 Å². The summed E-state index contributed by atoms with van der Waals surface area (Å²) in [5, 5.41) is 19.8. The van der Waals surface area contributed by atoms with Gasteiger partial charge in [0.15, 0.2) is 11.9 Å². The maximum Gasteiger partial charge on any atom is 0.325 e. The van der Waals surface area contributed by atoms with Crippen LogP contribution in [0, 0.1) is 0 Å². The second-order valence-corrected chi connectivity index (χ2v) is 4.01. The van der Waals surface area contributed by atoms with E-state index in [2.05, 4.69) is 15.5 Å². The van der Waals surface area contributed by atoms with Crippen LogP contribution in [0.1, 0.15) is 17.5 Å². The zero-order chi connectivity index (χ0) is 12.5. The monoisotopic (exact) mass is 246 g/mol. The van der Waals surface area contributed by atoms with Crippen LogP contribution in [0.4, 0.5) is 0 Å². The van der Waals surface area contributed by atoms with Gasteiger partial charge in [0.05, 0.1) is 0 Å². The van der Waals surface area contributed by atoms with E-state index in [1.807, 2.05) is 24.3 Å². The summed E-state index contributed by atoms with van der Waals surface area (Å²) < 4.78 is 6.97. The number of carboxylic acid groups (broad SMARTS) is 1. The van der Waals surface area contributed by atoms with Crippen LogP contribution in [0.5, 0.6) is 5.75 Å². The quantitative estimate of drug-likeness (QED) is 0.844. The summed E-state index contributed by atoms with van der Waals surface area (Å²) in [7, 11) is 0. The van der Waals surface area contributed by atoms with Crippen molar-refractivity contribution >= 4 is 5.97 Å². The molecule has 18 heavy (non-hydrogen) atoms. The minimum absolute atomic E-state index is 0.265. The number of aliphatic carboxylic acids is 1. The maximum atomic E-state index is 10.7. The topological polar surface area (TPSA) is 90.1 Å². The molecule has 1 unspecified atom stereocenters. The number of tetrazole rings is 1. The molecule has 1 aliphatic rings. The van der Waals surface area contributed by atoms with E-state index in [1.54, 1.807) is 0 Å². The van der Waals surface area contributed by atoms with Gasteiger partial charge in [0.2, 0.25) is 0 Å². The molecule has 0 fully saturated rings. The molecule has 7 heteroatoms. The van der Waals surface area contributed by atoms with E-state index in [1.165, 1.54) is 4.68 Å². The maximum absolute atomic E-state index is 10.7. The smallest absolute Gasteiger partial charge is 0.325 e. The van der Waals surface area contributed by atoms with Crippen LogP contribution >= 0.6 is 0 Å². The lowest BCUT2D eigenvalue weighted by atomic mass is 10.1. The van der Waals surface area contributed by atoms with E-state index < -0.39 is 5.97 Å². The fraction of sp³-hybridized carbons (Fsp3) is 0.273. The highest BCUT2D eigenvalue weighted by atomic mass is 16.5. The van der Waals surface area contributed by atoms with Crippen LogP contribution in [-0.2, 0) is 17.8 Å². The summed E-state index contributed by atoms with van der Waals surface area (Å²) in [6.07, 6.45) is 0.327. The highest BCUT2D eigenvalue weighted by Gasteiger charge is 2.29. The van der Waals surface area contributed by atoms with Crippen molar-refractivity contribution in [2.75, 3.05) is 0 Å². The number of hydrogen-bond acceptors (Lipinski definition) is 5. The van der Waals surface area contributed by atoms with Gasteiger partial charge < -0.3 is 9.84 Å². The van der Waals surface area contributed by atoms with Crippen molar-refractivity contribution < 1.29 is 14.6 Å². The normalized spacial score (nSPS) is 17.2. The predicted octanol–water partition coefficient (Wildman–Crippen LogP) is 0.434. The molecule has 0 saturated carbocycles. The molecule has 0 bridgehead atoms. The standard InChI is InChI=1S/C11H10N4O3/c16-10(17)6-15-11(12-13-14-15)9-5-7-3-1-2-4-8(7)18-9/h1-4,9H,5-6H2,(H,16,17). The lowest BCUT2D eigenvalue weighted by Crippen LogP contribution is -2.17. The molecule has 0 saturated heterocycles. The largest absolute Gasteiger partial charge is 0.482 e. The third-order valence-corrected chi connectivity index (χ3v) is 2.78. The van der Waals surface area contributed by atoms with Gasteiger partial charge in [0.25, 0.3) is 0 Å². The van der Waals surface area contributed by atoms with Gasteiger partial charge in [-0.1, -0.05) is 18.2 Å². The Balaban J connectivity index is 1.86. The zero-order valence-corrected chi connectivity index (χ0v) is 9.35. The Morgan fingerprint density at radius 3 is 3.11 bits per heavy atom. The summed E-state index contributed by atoms with van der Waals surface area (Å²) >= 11 is 0. The number of para-hydroxylation sites is 1. The van der Waals surface area contributed by atoms with Gasteiger partial charge in [-0.25, -0.2) is 4.68 Å². The van der Waals surface area contributed by atoms with Gasteiger partial charge in [0, 0.05) is 6.42 Å². The average Bonchev–Trinajstić information content (AvgIpc) is 2.93. The van der Waals surface area contributed by atoms with Crippen LogP contribution < -0.4 is 4.74 Å². The van der Waals surface area contributed by atoms with Gasteiger partial charge in [-0.3, -0.25) is 4.79 Å². The molecule has 0 amide bonds. The summed E-state index contributed by atoms with van der Waals surface area (Å²) in [6.45, 7) is -0.265. The molecule has 1 aromatic carbocycles. The first-order valence-corrected chi connectivity index (χ1v) is 5.46. The lowest BCUT2D eigenvalue weighted by molar-refractivity contribution is -0.138. The zero-order valence-electron chi connectivity index (χ0n) is 9.35. The number of hydrogen-bond donors (Lipinski definition) is 1. The number of carbonyl (C=O) groups is 1. The van der Waals surface area contributed by atoms with Crippen molar-refractivity contribution in [3.8, 4) is 5.75 Å². The number of benzene rings is 1. The van der Waals surface area contributed by atoms with Crippen molar-refractivity contribution in [2.24, 2.45) is 0 Å². The van der Waals surface area contributed by atoms with Crippen molar-refractivity contribution in [1.29, 1.82) is 0 Å². The highest BCUT2D eigenvalue weighted by Crippen LogP contribution is 2.35. The molecule has 2 heterocycles. The summed E-state index contributed by atoms with van der Waals surface area (Å²) in [5.74, 6) is 0.250. The summed E-state index contributed by atoms with van der Waals surface area (Å²) in [6, 6.07) is 7.67. The number of nitrogens with zero attached hydrogens (tertiary/aromatic N) is 4.